The number of nitrogens with one attached hydrogen (secondary N) is 1. The smallest absolute Gasteiger partial charge is 0.382 e. The Morgan fingerprint density at radius 3 is 2.69 bits per heavy atom. The van der Waals surface area contributed by atoms with E-state index in [2.05, 4.69) is 27.2 Å². The molecular formula is C26H22F4N8O. The van der Waals surface area contributed by atoms with E-state index < -0.39 is 29.2 Å². The summed E-state index contributed by atoms with van der Waals surface area (Å²) >= 11 is 0. The number of likely N-dealkylation sites (N-methyl/N-ethyl adjacent to an activating group) is 1. The van der Waals surface area contributed by atoms with E-state index in [-0.39, 0.29) is 11.6 Å². The molecule has 1 unspecified atom stereocenters. The molecule has 39 heavy (non-hydrogen) atoms. The molecule has 0 saturated carbocycles. The molecule has 5 heterocycles. The summed E-state index contributed by atoms with van der Waals surface area (Å²) in [5, 5.41) is 2.21. The van der Waals surface area contributed by atoms with Gasteiger partial charge < -0.3 is 16.0 Å². The fraction of sp³-hybridized carbons (Fsp3) is 0.231. The Hall–Kier alpha value is -4.52. The van der Waals surface area contributed by atoms with Gasteiger partial charge in [-0.2, -0.15) is 13.2 Å². The number of likely N-dealkylation sites (tertiary alicyclic amines) is 1. The van der Waals surface area contributed by atoms with Gasteiger partial charge in [0.1, 0.15) is 40.0 Å². The fourth-order valence-corrected chi connectivity index (χ4v) is 5.00. The van der Waals surface area contributed by atoms with E-state index in [1.807, 2.05) is 10.6 Å². The third-order valence-corrected chi connectivity index (χ3v) is 6.93. The van der Waals surface area contributed by atoms with Gasteiger partial charge in [0.05, 0.1) is 17.4 Å². The summed E-state index contributed by atoms with van der Waals surface area (Å²) in [6.45, 7) is 1.83. The molecular weight excluding hydrogens is 516 g/mol. The molecule has 1 saturated heterocycles. The van der Waals surface area contributed by atoms with Gasteiger partial charge in [0.15, 0.2) is 0 Å². The van der Waals surface area contributed by atoms with Gasteiger partial charge in [-0.15, -0.1) is 0 Å². The lowest BCUT2D eigenvalue weighted by Crippen LogP contribution is -2.16. The van der Waals surface area contributed by atoms with Crippen LogP contribution < -0.4 is 11.1 Å². The molecule has 1 atom stereocenters. The minimum absolute atomic E-state index is 0.0129. The minimum Gasteiger partial charge on any atom is -0.382 e. The van der Waals surface area contributed by atoms with Crippen LogP contribution in [0.25, 0.3) is 22.4 Å². The van der Waals surface area contributed by atoms with E-state index in [4.69, 9.17) is 10.7 Å². The highest BCUT2D eigenvalue weighted by Crippen LogP contribution is 2.34. The fourth-order valence-electron chi connectivity index (χ4n) is 5.00. The monoisotopic (exact) mass is 538 g/mol. The molecule has 5 aromatic rings. The number of carbonyl (C=O) groups is 1. The topological polar surface area (TPSA) is 106 Å². The van der Waals surface area contributed by atoms with Crippen LogP contribution in [0, 0.1) is 5.82 Å². The lowest BCUT2D eigenvalue weighted by Gasteiger charge is -2.11. The third kappa shape index (κ3) is 4.34. The van der Waals surface area contributed by atoms with Gasteiger partial charge in [0.2, 0.25) is 0 Å². The molecule has 1 fully saturated rings. The van der Waals surface area contributed by atoms with E-state index in [0.29, 0.717) is 46.4 Å². The van der Waals surface area contributed by atoms with Crippen LogP contribution in [0.5, 0.6) is 0 Å². The third-order valence-electron chi connectivity index (χ3n) is 6.93. The van der Waals surface area contributed by atoms with Crippen LogP contribution in [0.3, 0.4) is 0 Å². The van der Waals surface area contributed by atoms with Gasteiger partial charge in [0, 0.05) is 36.6 Å². The molecule has 3 N–H and O–H groups in total. The number of imidazole rings is 2. The standard InChI is InChI=1S/C26H22F4N8O/c1-36-7-4-15(13-36)24-35-21(22-23(31)32-6-9-38(22)24)14-5-8-37-19(12-33-20(37)10-14)25(39)34-18-11-16(26(28,29)30)2-3-17(18)27/h2-3,5-6,8-12,15H,4,7,13H2,1H3,(H2,31,32)(H,34,39). The second-order valence-corrected chi connectivity index (χ2v) is 9.53. The Kier molecular flexibility index (Phi) is 5.75. The van der Waals surface area contributed by atoms with E-state index >= 15 is 0 Å². The lowest BCUT2D eigenvalue weighted by atomic mass is 10.1. The highest BCUT2D eigenvalue weighted by atomic mass is 19.4. The number of pyridine rings is 1. The number of hydrogen-bond acceptors (Lipinski definition) is 6. The molecule has 1 aromatic carbocycles. The zero-order valence-corrected chi connectivity index (χ0v) is 20.6. The molecule has 1 aliphatic rings. The number of nitrogens with zero attached hydrogens (tertiary/aromatic N) is 6. The maximum Gasteiger partial charge on any atom is 0.416 e. The molecule has 0 spiro atoms. The molecule has 6 rings (SSSR count). The maximum absolute atomic E-state index is 14.2. The number of amides is 1. The summed E-state index contributed by atoms with van der Waals surface area (Å²) in [6.07, 6.45) is 2.60. The maximum atomic E-state index is 14.2. The van der Waals surface area contributed by atoms with Gasteiger partial charge >= 0.3 is 6.18 Å². The van der Waals surface area contributed by atoms with Crippen LogP contribution in [0.4, 0.5) is 29.1 Å². The number of rotatable bonds is 4. The number of alkyl halides is 3. The van der Waals surface area contributed by atoms with Crippen LogP contribution >= 0.6 is 0 Å². The molecule has 0 radical (unpaired) electrons. The number of carbonyl (C=O) groups excluding carboxylic acids is 1. The van der Waals surface area contributed by atoms with Crippen molar-refractivity contribution in [2.75, 3.05) is 31.2 Å². The Balaban J connectivity index is 1.36. The van der Waals surface area contributed by atoms with Crippen molar-refractivity contribution in [3.63, 3.8) is 0 Å². The average Bonchev–Trinajstić information content (AvgIpc) is 3.61. The quantitative estimate of drug-likeness (QED) is 0.328. The number of hydrogen-bond donors (Lipinski definition) is 2. The number of fused-ring (bicyclic) bond motifs is 2. The summed E-state index contributed by atoms with van der Waals surface area (Å²) < 4.78 is 56.8. The van der Waals surface area contributed by atoms with Gasteiger partial charge in [-0.05, 0) is 50.3 Å². The highest BCUT2D eigenvalue weighted by molar-refractivity contribution is 6.03. The first-order valence-electron chi connectivity index (χ1n) is 12.1. The van der Waals surface area contributed by atoms with Crippen LogP contribution in [0.2, 0.25) is 0 Å². The van der Waals surface area contributed by atoms with E-state index in [1.165, 1.54) is 10.6 Å². The van der Waals surface area contributed by atoms with Gasteiger partial charge in [0.25, 0.3) is 5.91 Å². The molecule has 1 amide bonds. The first-order valence-corrected chi connectivity index (χ1v) is 12.1. The summed E-state index contributed by atoms with van der Waals surface area (Å²) in [6, 6.07) is 5.28. The van der Waals surface area contributed by atoms with Crippen molar-refractivity contribution in [3.8, 4) is 11.3 Å². The van der Waals surface area contributed by atoms with Gasteiger partial charge in [-0.25, -0.2) is 19.3 Å². The Bertz CT molecular complexity index is 1740. The van der Waals surface area contributed by atoms with Gasteiger partial charge in [-0.1, -0.05) is 0 Å². The summed E-state index contributed by atoms with van der Waals surface area (Å²) in [4.78, 5) is 28.6. The van der Waals surface area contributed by atoms with E-state index in [9.17, 15) is 22.4 Å². The highest BCUT2D eigenvalue weighted by Gasteiger charge is 2.32. The van der Waals surface area contributed by atoms with Crippen molar-refractivity contribution in [2.24, 2.45) is 0 Å². The summed E-state index contributed by atoms with van der Waals surface area (Å²) in [5.41, 5.74) is 6.96. The molecule has 0 aliphatic carbocycles. The molecule has 1 aliphatic heterocycles. The molecule has 13 heteroatoms. The van der Waals surface area contributed by atoms with Gasteiger partial charge in [-0.3, -0.25) is 13.6 Å². The number of aromatic nitrogens is 5. The zero-order chi connectivity index (χ0) is 27.5. The molecule has 0 bridgehead atoms. The summed E-state index contributed by atoms with van der Waals surface area (Å²) in [7, 11) is 2.06. The number of nitrogen functional groups attached to an aromatic ring is 1. The summed E-state index contributed by atoms with van der Waals surface area (Å²) in [5.74, 6) is -0.384. The number of anilines is 2. The second-order valence-electron chi connectivity index (χ2n) is 9.53. The number of benzene rings is 1. The Morgan fingerprint density at radius 2 is 1.95 bits per heavy atom. The SMILES string of the molecule is CN1CCC(c2nc(-c3ccn4c(C(=O)Nc5cc(C(F)(F)F)ccc5F)cnc4c3)c3c(N)nccn23)C1. The van der Waals surface area contributed by atoms with E-state index in [1.54, 1.807) is 24.5 Å². The average molecular weight is 539 g/mol. The molecule has 9 nitrogen and oxygen atoms in total. The normalized spacial score (nSPS) is 16.4. The Labute approximate surface area is 218 Å². The molecule has 4 aromatic heterocycles. The van der Waals surface area contributed by atoms with E-state index in [0.717, 1.165) is 25.3 Å². The molecule has 200 valence electrons. The van der Waals surface area contributed by atoms with Crippen LogP contribution in [-0.4, -0.2) is 54.7 Å². The predicted octanol–water partition coefficient (Wildman–Crippen LogP) is 4.46. The van der Waals surface area contributed by atoms with Crippen molar-refractivity contribution in [2.45, 2.75) is 18.5 Å². The lowest BCUT2D eigenvalue weighted by molar-refractivity contribution is -0.137. The van der Waals surface area contributed by atoms with Crippen LogP contribution in [-0.2, 0) is 6.18 Å². The largest absolute Gasteiger partial charge is 0.416 e. The van der Waals surface area contributed by atoms with Crippen LogP contribution in [0.1, 0.15) is 34.2 Å². The first-order chi connectivity index (χ1) is 18.6. The predicted molar refractivity (Wildman–Crippen MR) is 136 cm³/mol. The van der Waals surface area contributed by atoms with Crippen molar-refractivity contribution in [3.05, 3.63) is 78.0 Å². The van der Waals surface area contributed by atoms with Crippen molar-refractivity contribution < 1.29 is 22.4 Å². The number of halogens is 4. The minimum atomic E-state index is -4.68. The van der Waals surface area contributed by atoms with Crippen molar-refractivity contribution in [1.29, 1.82) is 0 Å². The van der Waals surface area contributed by atoms with Crippen molar-refractivity contribution >= 4 is 28.6 Å². The van der Waals surface area contributed by atoms with Crippen LogP contribution in [0.15, 0.2) is 55.1 Å². The number of nitrogens with two attached hydrogens (primary N) is 1. The van der Waals surface area contributed by atoms with Crippen molar-refractivity contribution in [1.82, 2.24) is 28.7 Å². The first kappa shape index (κ1) is 24.8. The second kappa shape index (κ2) is 9.05. The zero-order valence-electron chi connectivity index (χ0n) is 20.6. The Morgan fingerprint density at radius 1 is 1.13 bits per heavy atom.